The van der Waals surface area contributed by atoms with E-state index in [0.29, 0.717) is 11.1 Å². The molecule has 5 aromatic carbocycles. The van der Waals surface area contributed by atoms with Crippen LogP contribution in [0, 0.1) is 0 Å². The Morgan fingerprint density at radius 3 is 1.90 bits per heavy atom. The SMILES string of the molecule is COc1ccc(S(=O)(=O)Nc2cc(N=NC(=O)C(O)(c3ccccc3)c3ccccc3)c(O)c3ccccc23)cc1. The summed E-state index contributed by atoms with van der Waals surface area (Å²) in [6, 6.07) is 30.3. The standard InChI is InChI=1S/C31H25N3O6S/c1-40-23-16-18-24(19-17-23)41(38,39)34-27-20-28(29(35)26-15-9-8-14-25(26)27)32-33-30(36)31(37,21-10-4-2-5-11-21)22-12-6-3-7-13-22/h2-20,34-35,37H,1H3. The smallest absolute Gasteiger partial charge is 0.305 e. The molecule has 0 aliphatic rings. The molecule has 1 amide bonds. The molecule has 0 saturated heterocycles. The summed E-state index contributed by atoms with van der Waals surface area (Å²) in [5.74, 6) is -0.812. The molecular formula is C31H25N3O6S. The normalized spacial score (nSPS) is 12.0. The Bertz CT molecular complexity index is 1800. The van der Waals surface area contributed by atoms with E-state index in [2.05, 4.69) is 15.0 Å². The highest BCUT2D eigenvalue weighted by Crippen LogP contribution is 2.41. The number of hydrogen-bond acceptors (Lipinski definition) is 7. The molecule has 0 aliphatic heterocycles. The van der Waals surface area contributed by atoms with E-state index >= 15 is 0 Å². The highest BCUT2D eigenvalue weighted by Gasteiger charge is 2.40. The minimum Gasteiger partial charge on any atom is -0.505 e. The number of rotatable bonds is 8. The highest BCUT2D eigenvalue weighted by molar-refractivity contribution is 7.92. The van der Waals surface area contributed by atoms with Gasteiger partial charge in [-0.2, -0.15) is 0 Å². The van der Waals surface area contributed by atoms with Crippen LogP contribution >= 0.6 is 0 Å². The summed E-state index contributed by atoms with van der Waals surface area (Å²) in [5.41, 5.74) is -1.65. The number of phenolic OH excluding ortho intramolecular Hbond substituents is 1. The lowest BCUT2D eigenvalue weighted by atomic mass is 9.86. The molecule has 41 heavy (non-hydrogen) atoms. The van der Waals surface area contributed by atoms with Crippen molar-refractivity contribution in [1.82, 2.24) is 0 Å². The number of ether oxygens (including phenoxy) is 1. The predicted molar refractivity (Wildman–Crippen MR) is 155 cm³/mol. The lowest BCUT2D eigenvalue weighted by Gasteiger charge is -2.25. The Morgan fingerprint density at radius 1 is 0.805 bits per heavy atom. The van der Waals surface area contributed by atoms with Crippen molar-refractivity contribution in [2.24, 2.45) is 10.2 Å². The average molecular weight is 568 g/mol. The van der Waals surface area contributed by atoms with Crippen LogP contribution in [0.4, 0.5) is 11.4 Å². The van der Waals surface area contributed by atoms with Crippen LogP contribution in [-0.4, -0.2) is 31.6 Å². The van der Waals surface area contributed by atoms with E-state index in [0.717, 1.165) is 0 Å². The summed E-state index contributed by atoms with van der Waals surface area (Å²) in [6.45, 7) is 0. The lowest BCUT2D eigenvalue weighted by molar-refractivity contribution is -0.133. The monoisotopic (exact) mass is 567 g/mol. The van der Waals surface area contributed by atoms with E-state index < -0.39 is 21.5 Å². The van der Waals surface area contributed by atoms with Crippen LogP contribution in [0.3, 0.4) is 0 Å². The Kier molecular flexibility index (Phi) is 7.52. The number of sulfonamides is 1. The van der Waals surface area contributed by atoms with Crippen molar-refractivity contribution in [1.29, 1.82) is 0 Å². The molecule has 0 atom stereocenters. The number of nitrogens with zero attached hydrogens (tertiary/aromatic N) is 2. The van der Waals surface area contributed by atoms with Crippen molar-refractivity contribution >= 4 is 38.1 Å². The number of benzene rings is 5. The van der Waals surface area contributed by atoms with Gasteiger partial charge in [0.15, 0.2) is 11.4 Å². The van der Waals surface area contributed by atoms with Gasteiger partial charge in [0.2, 0.25) is 0 Å². The van der Waals surface area contributed by atoms with Crippen LogP contribution in [0.15, 0.2) is 130 Å². The quantitative estimate of drug-likeness (QED) is 0.158. The zero-order chi connectivity index (χ0) is 29.0. The van der Waals surface area contributed by atoms with Gasteiger partial charge >= 0.3 is 5.91 Å². The Balaban J connectivity index is 1.56. The van der Waals surface area contributed by atoms with E-state index in [-0.39, 0.29) is 38.5 Å². The summed E-state index contributed by atoms with van der Waals surface area (Å²) in [7, 11) is -2.57. The van der Waals surface area contributed by atoms with Crippen LogP contribution in [0.1, 0.15) is 11.1 Å². The van der Waals surface area contributed by atoms with Crippen LogP contribution in [0.5, 0.6) is 11.5 Å². The van der Waals surface area contributed by atoms with Gasteiger partial charge in [0, 0.05) is 10.8 Å². The molecule has 3 N–H and O–H groups in total. The number of nitrogens with one attached hydrogen (secondary N) is 1. The first-order chi connectivity index (χ1) is 19.7. The second-order valence-electron chi connectivity index (χ2n) is 9.07. The van der Waals surface area contributed by atoms with Gasteiger partial charge in [-0.3, -0.25) is 9.52 Å². The second-order valence-corrected chi connectivity index (χ2v) is 10.7. The van der Waals surface area contributed by atoms with Crippen molar-refractivity contribution in [2.45, 2.75) is 10.5 Å². The number of carbonyl (C=O) groups is 1. The van der Waals surface area contributed by atoms with Crippen LogP contribution < -0.4 is 9.46 Å². The number of hydrogen-bond donors (Lipinski definition) is 3. The van der Waals surface area contributed by atoms with Crippen molar-refractivity contribution < 1.29 is 28.2 Å². The first kappa shape index (κ1) is 27.5. The van der Waals surface area contributed by atoms with E-state index in [1.54, 1.807) is 84.9 Å². The average Bonchev–Trinajstić information content (AvgIpc) is 3.02. The maximum atomic E-state index is 13.5. The molecule has 0 aromatic heterocycles. The Hall–Kier alpha value is -5.06. The fourth-order valence-corrected chi connectivity index (χ4v) is 5.48. The second kappa shape index (κ2) is 11.2. The number of phenols is 1. The molecule has 0 radical (unpaired) electrons. The van der Waals surface area contributed by atoms with Gasteiger partial charge in [-0.25, -0.2) is 8.42 Å². The predicted octanol–water partition coefficient (Wildman–Crippen LogP) is 5.90. The third-order valence-electron chi connectivity index (χ3n) is 6.55. The number of carbonyl (C=O) groups excluding carboxylic acids is 1. The molecule has 0 spiro atoms. The van der Waals surface area contributed by atoms with Gasteiger partial charge in [0.25, 0.3) is 10.0 Å². The van der Waals surface area contributed by atoms with Gasteiger partial charge in [0.1, 0.15) is 11.4 Å². The van der Waals surface area contributed by atoms with E-state index in [1.807, 2.05) is 0 Å². The molecule has 0 aliphatic carbocycles. The molecule has 0 unspecified atom stereocenters. The maximum absolute atomic E-state index is 13.5. The topological polar surface area (TPSA) is 138 Å². The third-order valence-corrected chi connectivity index (χ3v) is 7.93. The number of fused-ring (bicyclic) bond motifs is 1. The summed E-state index contributed by atoms with van der Waals surface area (Å²) in [5, 5.41) is 31.1. The van der Waals surface area contributed by atoms with Crippen molar-refractivity contribution in [3.05, 3.63) is 126 Å². The molecule has 0 bridgehead atoms. The zero-order valence-electron chi connectivity index (χ0n) is 21.8. The molecule has 0 saturated carbocycles. The van der Waals surface area contributed by atoms with E-state index in [1.165, 1.54) is 37.4 Å². The van der Waals surface area contributed by atoms with Gasteiger partial charge in [-0.1, -0.05) is 84.9 Å². The molecule has 0 fully saturated rings. The van der Waals surface area contributed by atoms with Gasteiger partial charge in [-0.05, 0) is 41.5 Å². The largest absolute Gasteiger partial charge is 0.505 e. The molecular weight excluding hydrogens is 542 g/mol. The molecule has 206 valence electrons. The minimum atomic E-state index is -4.05. The summed E-state index contributed by atoms with van der Waals surface area (Å²) >= 11 is 0. The molecule has 5 aromatic rings. The number of methoxy groups -OCH3 is 1. The first-order valence-corrected chi connectivity index (χ1v) is 13.9. The Morgan fingerprint density at radius 2 is 1.34 bits per heavy atom. The minimum absolute atomic E-state index is 0.00963. The van der Waals surface area contributed by atoms with Crippen molar-refractivity contribution in [3.63, 3.8) is 0 Å². The highest BCUT2D eigenvalue weighted by atomic mass is 32.2. The lowest BCUT2D eigenvalue weighted by Crippen LogP contribution is -2.35. The van der Waals surface area contributed by atoms with Crippen LogP contribution in [0.2, 0.25) is 0 Å². The third kappa shape index (κ3) is 5.38. The maximum Gasteiger partial charge on any atom is 0.305 e. The molecule has 5 rings (SSSR count). The molecule has 9 nitrogen and oxygen atoms in total. The summed E-state index contributed by atoms with van der Waals surface area (Å²) in [4.78, 5) is 13.4. The number of anilines is 1. The van der Waals surface area contributed by atoms with Gasteiger partial charge in [0.05, 0.1) is 17.7 Å². The van der Waals surface area contributed by atoms with Gasteiger partial charge < -0.3 is 14.9 Å². The number of amides is 1. The summed E-state index contributed by atoms with van der Waals surface area (Å²) in [6.07, 6.45) is 0. The molecule has 10 heteroatoms. The molecule has 0 heterocycles. The van der Waals surface area contributed by atoms with E-state index in [9.17, 15) is 23.4 Å². The number of aliphatic hydroxyl groups is 1. The van der Waals surface area contributed by atoms with Crippen molar-refractivity contribution in [3.8, 4) is 11.5 Å². The Labute approximate surface area is 236 Å². The van der Waals surface area contributed by atoms with Crippen LogP contribution in [-0.2, 0) is 20.4 Å². The fourth-order valence-electron chi connectivity index (χ4n) is 4.41. The number of azo groups is 1. The van der Waals surface area contributed by atoms with E-state index in [4.69, 9.17) is 4.74 Å². The van der Waals surface area contributed by atoms with Gasteiger partial charge in [-0.15, -0.1) is 10.2 Å². The zero-order valence-corrected chi connectivity index (χ0v) is 22.6. The van der Waals surface area contributed by atoms with Crippen LogP contribution in [0.25, 0.3) is 10.8 Å². The number of aromatic hydroxyl groups is 1. The fraction of sp³-hybridized carbons (Fsp3) is 0.0645. The van der Waals surface area contributed by atoms with Crippen molar-refractivity contribution in [2.75, 3.05) is 11.8 Å². The summed E-state index contributed by atoms with van der Waals surface area (Å²) < 4.78 is 34.0. The first-order valence-electron chi connectivity index (χ1n) is 12.4.